The van der Waals surface area contributed by atoms with E-state index in [2.05, 4.69) is 5.10 Å². The van der Waals surface area contributed by atoms with Gasteiger partial charge in [0, 0.05) is 24.3 Å². The lowest BCUT2D eigenvalue weighted by Crippen LogP contribution is -2.12. The van der Waals surface area contributed by atoms with Gasteiger partial charge >= 0.3 is 0 Å². The number of aryl methyl sites for hydroxylation is 1. The van der Waals surface area contributed by atoms with E-state index < -0.39 is 0 Å². The van der Waals surface area contributed by atoms with Gasteiger partial charge in [0.15, 0.2) is 0 Å². The number of aromatic nitrogens is 2. The van der Waals surface area contributed by atoms with E-state index >= 15 is 0 Å². The average molecular weight is 284 g/mol. The smallest absolute Gasteiger partial charge is 0.0595 e. The number of halogens is 2. The molecule has 1 heterocycles. The van der Waals surface area contributed by atoms with Crippen molar-refractivity contribution in [1.29, 1.82) is 0 Å². The van der Waals surface area contributed by atoms with E-state index in [1.807, 2.05) is 36.1 Å². The quantitative estimate of drug-likeness (QED) is 0.934. The van der Waals surface area contributed by atoms with Gasteiger partial charge in [0.2, 0.25) is 0 Å². The normalized spacial score (nSPS) is 12.7. The number of rotatable bonds is 4. The van der Waals surface area contributed by atoms with Crippen LogP contribution in [0.25, 0.3) is 0 Å². The molecule has 0 aliphatic heterocycles. The second-order valence-corrected chi connectivity index (χ2v) is 5.00. The van der Waals surface area contributed by atoms with Crippen LogP contribution in [0.1, 0.15) is 24.1 Å². The van der Waals surface area contributed by atoms with Crippen LogP contribution in [0.2, 0.25) is 10.0 Å². The van der Waals surface area contributed by atoms with Crippen molar-refractivity contribution in [3.8, 4) is 0 Å². The highest BCUT2D eigenvalue weighted by molar-refractivity contribution is 6.42. The van der Waals surface area contributed by atoms with Crippen LogP contribution in [0, 0.1) is 0 Å². The lowest BCUT2D eigenvalue weighted by molar-refractivity contribution is 0.655. The number of benzene rings is 1. The predicted octanol–water partition coefficient (Wildman–Crippen LogP) is 3.45. The van der Waals surface area contributed by atoms with Crippen molar-refractivity contribution in [3.63, 3.8) is 0 Å². The summed E-state index contributed by atoms with van der Waals surface area (Å²) in [6.45, 7) is 2.89. The Morgan fingerprint density at radius 3 is 2.72 bits per heavy atom. The van der Waals surface area contributed by atoms with Crippen LogP contribution >= 0.6 is 23.2 Å². The van der Waals surface area contributed by atoms with E-state index in [-0.39, 0.29) is 6.04 Å². The van der Waals surface area contributed by atoms with Crippen LogP contribution in [-0.4, -0.2) is 9.78 Å². The van der Waals surface area contributed by atoms with Crippen LogP contribution in [0.4, 0.5) is 0 Å². The minimum atomic E-state index is -0.0810. The zero-order valence-corrected chi connectivity index (χ0v) is 11.6. The van der Waals surface area contributed by atoms with Gasteiger partial charge in [-0.2, -0.15) is 5.10 Å². The molecule has 18 heavy (non-hydrogen) atoms. The van der Waals surface area contributed by atoms with E-state index in [1.165, 1.54) is 0 Å². The molecule has 1 atom stereocenters. The Morgan fingerprint density at radius 2 is 2.11 bits per heavy atom. The minimum absolute atomic E-state index is 0.0810. The number of hydrogen-bond donors (Lipinski definition) is 1. The second kappa shape index (κ2) is 5.74. The Hall–Kier alpha value is -1.03. The molecule has 2 N–H and O–H groups in total. The monoisotopic (exact) mass is 283 g/mol. The summed E-state index contributed by atoms with van der Waals surface area (Å²) in [6.07, 6.45) is 4.50. The molecule has 0 amide bonds. The van der Waals surface area contributed by atoms with Gasteiger partial charge in [0.1, 0.15) is 0 Å². The molecular weight excluding hydrogens is 269 g/mol. The van der Waals surface area contributed by atoms with E-state index in [9.17, 15) is 0 Å². The molecule has 0 fully saturated rings. The van der Waals surface area contributed by atoms with Gasteiger partial charge < -0.3 is 5.73 Å². The van der Waals surface area contributed by atoms with Gasteiger partial charge in [-0.3, -0.25) is 4.68 Å². The maximum Gasteiger partial charge on any atom is 0.0595 e. The summed E-state index contributed by atoms with van der Waals surface area (Å²) in [5, 5.41) is 5.34. The highest BCUT2D eigenvalue weighted by Crippen LogP contribution is 2.24. The Kier molecular flexibility index (Phi) is 4.27. The molecule has 5 heteroatoms. The first-order valence-electron chi connectivity index (χ1n) is 5.82. The molecule has 0 spiro atoms. The summed E-state index contributed by atoms with van der Waals surface area (Å²) in [7, 11) is 0. The molecule has 0 saturated carbocycles. The van der Waals surface area contributed by atoms with Crippen molar-refractivity contribution in [2.45, 2.75) is 25.9 Å². The Morgan fingerprint density at radius 1 is 1.33 bits per heavy atom. The number of nitrogens with zero attached hydrogens (tertiary/aromatic N) is 2. The van der Waals surface area contributed by atoms with Crippen molar-refractivity contribution in [2.75, 3.05) is 0 Å². The molecule has 0 radical (unpaired) electrons. The highest BCUT2D eigenvalue weighted by atomic mass is 35.5. The van der Waals surface area contributed by atoms with E-state index in [1.54, 1.807) is 6.07 Å². The van der Waals surface area contributed by atoms with Crippen molar-refractivity contribution in [3.05, 3.63) is 51.8 Å². The van der Waals surface area contributed by atoms with Gasteiger partial charge in [-0.25, -0.2) is 0 Å². The number of nitrogens with two attached hydrogens (primary N) is 1. The van der Waals surface area contributed by atoms with E-state index in [4.69, 9.17) is 28.9 Å². The maximum atomic E-state index is 6.15. The zero-order valence-electron chi connectivity index (χ0n) is 10.1. The average Bonchev–Trinajstić information content (AvgIpc) is 2.82. The van der Waals surface area contributed by atoms with Crippen LogP contribution in [0.15, 0.2) is 30.6 Å². The molecule has 2 rings (SSSR count). The Labute approximate surface area is 117 Å². The van der Waals surface area contributed by atoms with Gasteiger partial charge in [0.05, 0.1) is 16.2 Å². The molecule has 1 unspecified atom stereocenters. The van der Waals surface area contributed by atoms with Crippen LogP contribution in [0.3, 0.4) is 0 Å². The molecule has 2 aromatic rings. The largest absolute Gasteiger partial charge is 0.324 e. The maximum absolute atomic E-state index is 6.15. The van der Waals surface area contributed by atoms with Crippen molar-refractivity contribution in [2.24, 2.45) is 5.73 Å². The number of hydrogen-bond acceptors (Lipinski definition) is 2. The van der Waals surface area contributed by atoms with Gasteiger partial charge in [-0.05, 0) is 31.0 Å². The van der Waals surface area contributed by atoms with Crippen LogP contribution in [-0.2, 0) is 13.0 Å². The highest BCUT2D eigenvalue weighted by Gasteiger charge is 2.10. The minimum Gasteiger partial charge on any atom is -0.324 e. The molecule has 0 aliphatic carbocycles. The lowest BCUT2D eigenvalue weighted by Gasteiger charge is -2.10. The molecule has 0 bridgehead atoms. The topological polar surface area (TPSA) is 43.8 Å². The van der Waals surface area contributed by atoms with Crippen LogP contribution in [0.5, 0.6) is 0 Å². The Balaban J connectivity index is 2.10. The lowest BCUT2D eigenvalue weighted by atomic mass is 10.0. The Bertz CT molecular complexity index is 537. The molecule has 0 saturated heterocycles. The SMILES string of the molecule is CCn1cc(C(N)Cc2ccc(Cl)c(Cl)c2)cn1. The fourth-order valence-electron chi connectivity index (χ4n) is 1.78. The second-order valence-electron chi connectivity index (χ2n) is 4.19. The molecule has 3 nitrogen and oxygen atoms in total. The summed E-state index contributed by atoms with van der Waals surface area (Å²) in [4.78, 5) is 0. The first-order valence-corrected chi connectivity index (χ1v) is 6.57. The summed E-state index contributed by atoms with van der Waals surface area (Å²) in [6, 6.07) is 5.51. The zero-order chi connectivity index (χ0) is 13.1. The third-order valence-corrected chi connectivity index (χ3v) is 3.58. The summed E-state index contributed by atoms with van der Waals surface area (Å²) in [5.41, 5.74) is 8.25. The summed E-state index contributed by atoms with van der Waals surface area (Å²) in [5.74, 6) is 0. The molecule has 1 aromatic heterocycles. The molecule has 96 valence electrons. The van der Waals surface area contributed by atoms with Crippen LogP contribution < -0.4 is 5.73 Å². The van der Waals surface area contributed by atoms with E-state index in [0.29, 0.717) is 16.5 Å². The summed E-state index contributed by atoms with van der Waals surface area (Å²) >= 11 is 11.9. The van der Waals surface area contributed by atoms with Gasteiger partial charge in [-0.1, -0.05) is 29.3 Å². The third-order valence-electron chi connectivity index (χ3n) is 2.84. The summed E-state index contributed by atoms with van der Waals surface area (Å²) < 4.78 is 1.87. The molecular formula is C13H15Cl2N3. The van der Waals surface area contributed by atoms with Crippen molar-refractivity contribution < 1.29 is 0 Å². The fourth-order valence-corrected chi connectivity index (χ4v) is 2.10. The van der Waals surface area contributed by atoms with E-state index in [0.717, 1.165) is 17.7 Å². The van der Waals surface area contributed by atoms with Crippen molar-refractivity contribution >= 4 is 23.2 Å². The molecule has 1 aromatic carbocycles. The molecule has 0 aliphatic rings. The first kappa shape index (κ1) is 13.4. The standard InChI is InChI=1S/C13H15Cl2N3/c1-2-18-8-10(7-17-18)13(16)6-9-3-4-11(14)12(15)5-9/h3-5,7-8,13H,2,6,16H2,1H3. The van der Waals surface area contributed by atoms with Gasteiger partial charge in [0.25, 0.3) is 0 Å². The predicted molar refractivity (Wildman–Crippen MR) is 75.0 cm³/mol. The fraction of sp³-hybridized carbons (Fsp3) is 0.308. The van der Waals surface area contributed by atoms with Gasteiger partial charge in [-0.15, -0.1) is 0 Å². The third kappa shape index (κ3) is 3.05. The first-order chi connectivity index (χ1) is 8.60. The van der Waals surface area contributed by atoms with Crippen molar-refractivity contribution in [1.82, 2.24) is 9.78 Å².